The molecule has 2 heterocycles. The molecule has 11 heavy (non-hydrogen) atoms. The van der Waals surface area contributed by atoms with Crippen molar-refractivity contribution in [3.63, 3.8) is 0 Å². The van der Waals surface area contributed by atoms with Gasteiger partial charge in [-0.1, -0.05) is 0 Å². The van der Waals surface area contributed by atoms with Crippen molar-refractivity contribution < 1.29 is 4.42 Å². The molecular weight excluding hydrogens is 140 g/mol. The summed E-state index contributed by atoms with van der Waals surface area (Å²) in [6, 6.07) is 2.10. The first-order valence-electron chi connectivity index (χ1n) is 3.91. The minimum atomic E-state index is 0.666. The van der Waals surface area contributed by atoms with Crippen molar-refractivity contribution in [1.82, 2.24) is 5.32 Å². The molecule has 0 atom stereocenters. The third-order valence-corrected chi connectivity index (χ3v) is 1.94. The Labute approximate surface area is 65.6 Å². The summed E-state index contributed by atoms with van der Waals surface area (Å²) in [5.74, 6) is 2.12. The van der Waals surface area contributed by atoms with Gasteiger partial charge in [0.25, 0.3) is 0 Å². The van der Waals surface area contributed by atoms with Gasteiger partial charge in [-0.25, -0.2) is 0 Å². The van der Waals surface area contributed by atoms with Crippen LogP contribution in [-0.4, -0.2) is 6.54 Å². The smallest absolute Gasteiger partial charge is 0.122 e. The highest BCUT2D eigenvalue weighted by Gasteiger charge is 2.15. The summed E-state index contributed by atoms with van der Waals surface area (Å²) >= 11 is 0. The summed E-state index contributed by atoms with van der Waals surface area (Å²) in [6.45, 7) is 2.49. The van der Waals surface area contributed by atoms with Crippen molar-refractivity contribution >= 4 is 0 Å². The second kappa shape index (κ2) is 2.68. The van der Waals surface area contributed by atoms with Crippen molar-refractivity contribution in [2.24, 2.45) is 5.73 Å². The Morgan fingerprint density at radius 2 is 2.45 bits per heavy atom. The lowest BCUT2D eigenvalue weighted by Gasteiger charge is -1.92. The monoisotopic (exact) mass is 152 g/mol. The van der Waals surface area contributed by atoms with Gasteiger partial charge in [0, 0.05) is 18.5 Å². The highest BCUT2D eigenvalue weighted by Crippen LogP contribution is 2.19. The van der Waals surface area contributed by atoms with Crippen LogP contribution in [0.25, 0.3) is 0 Å². The van der Waals surface area contributed by atoms with Crippen LogP contribution in [0.1, 0.15) is 17.1 Å². The van der Waals surface area contributed by atoms with Gasteiger partial charge in [0.05, 0.1) is 6.54 Å². The van der Waals surface area contributed by atoms with Gasteiger partial charge < -0.3 is 15.5 Å². The Morgan fingerprint density at radius 1 is 1.55 bits per heavy atom. The van der Waals surface area contributed by atoms with Crippen LogP contribution in [0.2, 0.25) is 0 Å². The molecule has 2 rings (SSSR count). The molecule has 0 aromatic carbocycles. The Hall–Kier alpha value is -0.800. The molecule has 1 aliphatic rings. The zero-order valence-electron chi connectivity index (χ0n) is 6.39. The molecule has 1 aromatic heterocycles. The summed E-state index contributed by atoms with van der Waals surface area (Å²) < 4.78 is 5.52. The molecule has 1 aliphatic heterocycles. The Balaban J connectivity index is 2.20. The molecule has 0 amide bonds. The van der Waals surface area contributed by atoms with Crippen molar-refractivity contribution in [1.29, 1.82) is 0 Å². The quantitative estimate of drug-likeness (QED) is 0.644. The van der Waals surface area contributed by atoms with Gasteiger partial charge in [0.1, 0.15) is 11.5 Å². The zero-order chi connectivity index (χ0) is 7.68. The first-order chi connectivity index (χ1) is 5.40. The molecular formula is C8H12N2O. The van der Waals surface area contributed by atoms with E-state index < -0.39 is 0 Å². The number of nitrogens with one attached hydrogen (secondary N) is 1. The number of hydrogen-bond acceptors (Lipinski definition) is 3. The van der Waals surface area contributed by atoms with E-state index in [1.165, 1.54) is 5.56 Å². The third-order valence-electron chi connectivity index (χ3n) is 1.94. The van der Waals surface area contributed by atoms with E-state index in [1.54, 1.807) is 0 Å². The SMILES string of the molecule is NCCc1cc2c(o1)CNC2. The fraction of sp³-hybridized carbons (Fsp3) is 0.500. The average molecular weight is 152 g/mol. The zero-order valence-corrected chi connectivity index (χ0v) is 6.39. The van der Waals surface area contributed by atoms with Crippen LogP contribution in [0.15, 0.2) is 10.5 Å². The van der Waals surface area contributed by atoms with E-state index in [-0.39, 0.29) is 0 Å². The average Bonchev–Trinajstić information content (AvgIpc) is 2.46. The highest BCUT2D eigenvalue weighted by molar-refractivity contribution is 5.24. The van der Waals surface area contributed by atoms with E-state index in [2.05, 4.69) is 11.4 Å². The maximum Gasteiger partial charge on any atom is 0.122 e. The van der Waals surface area contributed by atoms with E-state index in [0.29, 0.717) is 6.54 Å². The van der Waals surface area contributed by atoms with Crippen LogP contribution in [0, 0.1) is 0 Å². The largest absolute Gasteiger partial charge is 0.464 e. The van der Waals surface area contributed by atoms with Crippen LogP contribution < -0.4 is 11.1 Å². The second-order valence-corrected chi connectivity index (χ2v) is 2.80. The minimum absolute atomic E-state index is 0.666. The summed E-state index contributed by atoms with van der Waals surface area (Å²) in [5.41, 5.74) is 6.70. The van der Waals surface area contributed by atoms with E-state index in [9.17, 15) is 0 Å². The van der Waals surface area contributed by atoms with Crippen molar-refractivity contribution in [2.45, 2.75) is 19.5 Å². The number of furan rings is 1. The number of nitrogens with two attached hydrogens (primary N) is 1. The molecule has 3 heteroatoms. The predicted octanol–water partition coefficient (Wildman–Crippen LogP) is 0.384. The highest BCUT2D eigenvalue weighted by atomic mass is 16.3. The number of hydrogen-bond donors (Lipinski definition) is 2. The maximum absolute atomic E-state index is 5.52. The molecule has 0 spiro atoms. The molecule has 0 radical (unpaired) electrons. The number of rotatable bonds is 2. The molecule has 0 saturated carbocycles. The molecule has 1 aromatic rings. The first-order valence-corrected chi connectivity index (χ1v) is 3.91. The van der Waals surface area contributed by atoms with Crippen molar-refractivity contribution in [3.05, 3.63) is 23.2 Å². The minimum Gasteiger partial charge on any atom is -0.464 e. The van der Waals surface area contributed by atoms with Gasteiger partial charge in [-0.05, 0) is 12.6 Å². The van der Waals surface area contributed by atoms with Crippen LogP contribution in [0.3, 0.4) is 0 Å². The van der Waals surface area contributed by atoms with Gasteiger partial charge in [0.2, 0.25) is 0 Å². The predicted molar refractivity (Wildman–Crippen MR) is 42.0 cm³/mol. The Morgan fingerprint density at radius 3 is 3.18 bits per heavy atom. The maximum atomic E-state index is 5.52. The first kappa shape index (κ1) is 6.88. The Kier molecular flexibility index (Phi) is 1.68. The van der Waals surface area contributed by atoms with Gasteiger partial charge >= 0.3 is 0 Å². The molecule has 0 unspecified atom stereocenters. The Bertz CT molecular complexity index is 233. The van der Waals surface area contributed by atoms with Crippen molar-refractivity contribution in [2.75, 3.05) is 6.54 Å². The lowest BCUT2D eigenvalue weighted by Crippen LogP contribution is -2.03. The van der Waals surface area contributed by atoms with Gasteiger partial charge in [-0.2, -0.15) is 0 Å². The molecule has 0 aliphatic carbocycles. The van der Waals surface area contributed by atoms with Gasteiger partial charge in [-0.3, -0.25) is 0 Å². The van der Waals surface area contributed by atoms with Gasteiger partial charge in [-0.15, -0.1) is 0 Å². The van der Waals surface area contributed by atoms with Crippen molar-refractivity contribution in [3.8, 4) is 0 Å². The normalized spacial score (nSPS) is 15.4. The van der Waals surface area contributed by atoms with E-state index in [4.69, 9.17) is 10.2 Å². The summed E-state index contributed by atoms with van der Waals surface area (Å²) in [6.07, 6.45) is 0.854. The molecule has 0 bridgehead atoms. The van der Waals surface area contributed by atoms with E-state index >= 15 is 0 Å². The second-order valence-electron chi connectivity index (χ2n) is 2.80. The van der Waals surface area contributed by atoms with E-state index in [0.717, 1.165) is 31.0 Å². The molecule has 60 valence electrons. The van der Waals surface area contributed by atoms with Crippen LogP contribution in [0.4, 0.5) is 0 Å². The summed E-state index contributed by atoms with van der Waals surface area (Å²) in [5, 5.41) is 3.21. The summed E-state index contributed by atoms with van der Waals surface area (Å²) in [4.78, 5) is 0. The lowest BCUT2D eigenvalue weighted by molar-refractivity contribution is 0.463. The lowest BCUT2D eigenvalue weighted by atomic mass is 10.2. The van der Waals surface area contributed by atoms with E-state index in [1.807, 2.05) is 0 Å². The third kappa shape index (κ3) is 1.17. The molecule has 3 N–H and O–H groups in total. The fourth-order valence-electron chi connectivity index (χ4n) is 1.40. The van der Waals surface area contributed by atoms with Crippen LogP contribution in [-0.2, 0) is 19.5 Å². The fourth-order valence-corrected chi connectivity index (χ4v) is 1.40. The molecule has 0 saturated heterocycles. The molecule has 0 fully saturated rings. The summed E-state index contributed by atoms with van der Waals surface area (Å²) in [7, 11) is 0. The van der Waals surface area contributed by atoms with Gasteiger partial charge in [0.15, 0.2) is 0 Å². The molecule has 3 nitrogen and oxygen atoms in total. The standard InChI is InChI=1S/C8H12N2O/c9-2-1-7-3-6-4-10-5-8(6)11-7/h3,10H,1-2,4-5,9H2. The van der Waals surface area contributed by atoms with Crippen LogP contribution >= 0.6 is 0 Å². The van der Waals surface area contributed by atoms with Crippen LogP contribution in [0.5, 0.6) is 0 Å². The number of fused-ring (bicyclic) bond motifs is 1. The topological polar surface area (TPSA) is 51.2 Å².